The second kappa shape index (κ2) is 6.71. The Bertz CT molecular complexity index is 525. The highest BCUT2D eigenvalue weighted by atomic mass is 15.3. The third-order valence-corrected chi connectivity index (χ3v) is 3.74. The molecule has 0 radical (unpaired) electrons. The molecular formula is C17H25N3. The Labute approximate surface area is 122 Å². The topological polar surface area (TPSA) is 29.9 Å². The van der Waals surface area contributed by atoms with Gasteiger partial charge in [-0.1, -0.05) is 31.2 Å². The summed E-state index contributed by atoms with van der Waals surface area (Å²) in [4.78, 5) is 0. The van der Waals surface area contributed by atoms with Crippen molar-refractivity contribution >= 4 is 0 Å². The van der Waals surface area contributed by atoms with E-state index in [4.69, 9.17) is 0 Å². The lowest BCUT2D eigenvalue weighted by Crippen LogP contribution is -2.19. The Morgan fingerprint density at radius 3 is 2.35 bits per heavy atom. The van der Waals surface area contributed by atoms with Gasteiger partial charge in [0.2, 0.25) is 0 Å². The Hall–Kier alpha value is -1.61. The molecule has 0 aliphatic carbocycles. The zero-order valence-electron chi connectivity index (χ0n) is 12.9. The average molecular weight is 271 g/mol. The summed E-state index contributed by atoms with van der Waals surface area (Å²) < 4.78 is 2.02. The van der Waals surface area contributed by atoms with Crippen molar-refractivity contribution in [3.63, 3.8) is 0 Å². The van der Waals surface area contributed by atoms with Crippen molar-refractivity contribution in [2.24, 2.45) is 0 Å². The van der Waals surface area contributed by atoms with Gasteiger partial charge in [-0.3, -0.25) is 4.68 Å². The summed E-state index contributed by atoms with van der Waals surface area (Å²) in [6.45, 7) is 6.48. The molecule has 0 bridgehead atoms. The number of likely N-dealkylation sites (N-methyl/N-ethyl adjacent to an activating group) is 1. The first-order valence-corrected chi connectivity index (χ1v) is 7.44. The first-order valence-electron chi connectivity index (χ1n) is 7.44. The number of hydrogen-bond acceptors (Lipinski definition) is 2. The van der Waals surface area contributed by atoms with Crippen LogP contribution in [0, 0.1) is 0 Å². The highest BCUT2D eigenvalue weighted by molar-refractivity contribution is 5.26. The molecule has 0 fully saturated rings. The molecule has 1 aromatic heterocycles. The van der Waals surface area contributed by atoms with Gasteiger partial charge in [-0.05, 0) is 44.5 Å². The van der Waals surface area contributed by atoms with E-state index in [-0.39, 0.29) is 0 Å². The Morgan fingerprint density at radius 1 is 1.15 bits per heavy atom. The molecule has 3 heteroatoms. The van der Waals surface area contributed by atoms with Crippen molar-refractivity contribution in [1.82, 2.24) is 15.1 Å². The van der Waals surface area contributed by atoms with Gasteiger partial charge < -0.3 is 5.32 Å². The summed E-state index contributed by atoms with van der Waals surface area (Å²) in [6.07, 6.45) is 4.07. The second-order valence-corrected chi connectivity index (χ2v) is 5.52. The van der Waals surface area contributed by atoms with Crippen LogP contribution in [0.25, 0.3) is 0 Å². The van der Waals surface area contributed by atoms with Crippen molar-refractivity contribution in [3.05, 3.63) is 53.3 Å². The molecule has 1 aromatic carbocycles. The summed E-state index contributed by atoms with van der Waals surface area (Å²) in [7, 11) is 2.01. The average Bonchev–Trinajstić information content (AvgIpc) is 2.94. The van der Waals surface area contributed by atoms with Crippen LogP contribution in [0.2, 0.25) is 0 Å². The van der Waals surface area contributed by atoms with Crippen LogP contribution in [-0.4, -0.2) is 16.8 Å². The number of benzene rings is 1. The van der Waals surface area contributed by atoms with Crippen LogP contribution in [-0.2, 0) is 12.8 Å². The quantitative estimate of drug-likeness (QED) is 0.871. The molecular weight excluding hydrogens is 246 g/mol. The predicted molar refractivity (Wildman–Crippen MR) is 83.9 cm³/mol. The molecule has 0 saturated carbocycles. The van der Waals surface area contributed by atoms with Crippen molar-refractivity contribution < 1.29 is 0 Å². The van der Waals surface area contributed by atoms with E-state index in [0.717, 1.165) is 18.5 Å². The van der Waals surface area contributed by atoms with E-state index in [0.29, 0.717) is 12.1 Å². The minimum Gasteiger partial charge on any atom is -0.313 e. The van der Waals surface area contributed by atoms with E-state index in [2.05, 4.69) is 67.7 Å². The van der Waals surface area contributed by atoms with Gasteiger partial charge in [0.25, 0.3) is 0 Å². The lowest BCUT2D eigenvalue weighted by molar-refractivity contribution is 0.515. The van der Waals surface area contributed by atoms with Crippen LogP contribution in [0.3, 0.4) is 0 Å². The monoisotopic (exact) mass is 271 g/mol. The first kappa shape index (κ1) is 14.8. The smallest absolute Gasteiger partial charge is 0.0643 e. The van der Waals surface area contributed by atoms with Gasteiger partial charge in [0.1, 0.15) is 0 Å². The number of hydrogen-bond donors (Lipinski definition) is 1. The van der Waals surface area contributed by atoms with E-state index < -0.39 is 0 Å². The minimum atomic E-state index is 0.316. The van der Waals surface area contributed by atoms with Gasteiger partial charge in [0, 0.05) is 24.7 Å². The fraction of sp³-hybridized carbons (Fsp3) is 0.471. The van der Waals surface area contributed by atoms with E-state index >= 15 is 0 Å². The van der Waals surface area contributed by atoms with Crippen LogP contribution in [0.5, 0.6) is 0 Å². The highest BCUT2D eigenvalue weighted by Gasteiger charge is 2.12. The van der Waals surface area contributed by atoms with E-state index in [1.54, 1.807) is 0 Å². The molecule has 2 rings (SSSR count). The van der Waals surface area contributed by atoms with Crippen molar-refractivity contribution in [2.75, 3.05) is 7.05 Å². The van der Waals surface area contributed by atoms with Gasteiger partial charge in [0.05, 0.1) is 5.69 Å². The van der Waals surface area contributed by atoms with E-state index in [1.807, 2.05) is 11.7 Å². The number of nitrogens with one attached hydrogen (secondary N) is 1. The maximum absolute atomic E-state index is 4.63. The van der Waals surface area contributed by atoms with E-state index in [9.17, 15) is 0 Å². The predicted octanol–water partition coefficient (Wildman–Crippen LogP) is 3.53. The largest absolute Gasteiger partial charge is 0.313 e. The first-order chi connectivity index (χ1) is 9.63. The second-order valence-electron chi connectivity index (χ2n) is 5.52. The van der Waals surface area contributed by atoms with Crippen LogP contribution in [0.15, 0.2) is 36.5 Å². The normalized spacial score (nSPS) is 12.8. The zero-order chi connectivity index (χ0) is 14.5. The highest BCUT2D eigenvalue weighted by Crippen LogP contribution is 2.18. The molecule has 0 amide bonds. The lowest BCUT2D eigenvalue weighted by Gasteiger charge is -2.16. The molecule has 20 heavy (non-hydrogen) atoms. The molecule has 1 unspecified atom stereocenters. The maximum Gasteiger partial charge on any atom is 0.0643 e. The third kappa shape index (κ3) is 3.48. The summed E-state index contributed by atoms with van der Waals surface area (Å²) in [6, 6.07) is 11.7. The molecule has 2 aromatic rings. The minimum absolute atomic E-state index is 0.316. The molecule has 0 saturated heterocycles. The molecule has 108 valence electrons. The summed E-state index contributed by atoms with van der Waals surface area (Å²) in [5, 5.41) is 8.03. The third-order valence-electron chi connectivity index (χ3n) is 3.74. The number of aryl methyl sites for hydroxylation is 1. The SMILES string of the molecule is CCc1ccc(C(Cc2ccn(C(C)C)n2)NC)cc1. The standard InChI is InChI=1S/C17H25N3/c1-5-14-6-8-15(9-7-14)17(18-4)12-16-10-11-20(19-16)13(2)3/h6-11,13,17-18H,5,12H2,1-4H3. The van der Waals surface area contributed by atoms with Crippen molar-refractivity contribution in [3.8, 4) is 0 Å². The summed E-state index contributed by atoms with van der Waals surface area (Å²) in [5.74, 6) is 0. The van der Waals surface area contributed by atoms with Crippen LogP contribution in [0.1, 0.15) is 49.7 Å². The summed E-state index contributed by atoms with van der Waals surface area (Å²) in [5.41, 5.74) is 3.84. The van der Waals surface area contributed by atoms with Gasteiger partial charge in [-0.25, -0.2) is 0 Å². The fourth-order valence-electron chi connectivity index (χ4n) is 2.36. The molecule has 1 atom stereocenters. The molecule has 3 nitrogen and oxygen atoms in total. The molecule has 0 spiro atoms. The van der Waals surface area contributed by atoms with Gasteiger partial charge in [0.15, 0.2) is 0 Å². The number of nitrogens with zero attached hydrogens (tertiary/aromatic N) is 2. The molecule has 0 aliphatic rings. The van der Waals surface area contributed by atoms with E-state index in [1.165, 1.54) is 11.1 Å². The summed E-state index contributed by atoms with van der Waals surface area (Å²) >= 11 is 0. The fourth-order valence-corrected chi connectivity index (χ4v) is 2.36. The lowest BCUT2D eigenvalue weighted by atomic mass is 10.0. The number of aromatic nitrogens is 2. The van der Waals surface area contributed by atoms with Gasteiger partial charge in [-0.15, -0.1) is 0 Å². The van der Waals surface area contributed by atoms with Crippen LogP contribution >= 0.6 is 0 Å². The Balaban J connectivity index is 2.10. The van der Waals surface area contributed by atoms with Crippen LogP contribution < -0.4 is 5.32 Å². The van der Waals surface area contributed by atoms with Gasteiger partial charge in [-0.2, -0.15) is 5.10 Å². The van der Waals surface area contributed by atoms with Crippen molar-refractivity contribution in [2.45, 2.75) is 45.7 Å². The molecule has 0 aliphatic heterocycles. The Kier molecular flexibility index (Phi) is 4.96. The van der Waals surface area contributed by atoms with Crippen LogP contribution in [0.4, 0.5) is 0 Å². The molecule has 1 N–H and O–H groups in total. The maximum atomic E-state index is 4.63. The zero-order valence-corrected chi connectivity index (χ0v) is 12.9. The molecule has 1 heterocycles. The number of rotatable bonds is 6. The van der Waals surface area contributed by atoms with Gasteiger partial charge >= 0.3 is 0 Å². The van der Waals surface area contributed by atoms with Crippen molar-refractivity contribution in [1.29, 1.82) is 0 Å². The Morgan fingerprint density at radius 2 is 1.85 bits per heavy atom.